The average Bonchev–Trinajstić information content (AvgIpc) is 2.38. The van der Waals surface area contributed by atoms with Crippen LogP contribution in [0.4, 0.5) is 0 Å². The predicted molar refractivity (Wildman–Crippen MR) is 83.8 cm³/mol. The summed E-state index contributed by atoms with van der Waals surface area (Å²) in [5, 5.41) is 13.2. The van der Waals surface area contributed by atoms with Crippen LogP contribution in [-0.2, 0) is 11.3 Å². The summed E-state index contributed by atoms with van der Waals surface area (Å²) in [4.78, 5) is 0. The van der Waals surface area contributed by atoms with Crippen LogP contribution >= 0.6 is 0 Å². The number of rotatable bonds is 9. The normalized spacial score (nSPS) is 14.5. The van der Waals surface area contributed by atoms with Crippen LogP contribution in [0.1, 0.15) is 38.3 Å². The number of aryl methyl sites for hydroxylation is 1. The highest BCUT2D eigenvalue weighted by atomic mass is 16.5. The molecule has 0 heterocycles. The number of nitrogens with one attached hydrogen (secondary N) is 1. The Bertz CT molecular complexity index is 379. The molecule has 0 radical (unpaired) electrons. The lowest BCUT2D eigenvalue weighted by Gasteiger charge is -2.18. The summed E-state index contributed by atoms with van der Waals surface area (Å²) in [6, 6.07) is 8.29. The van der Waals surface area contributed by atoms with Gasteiger partial charge < -0.3 is 15.2 Å². The van der Waals surface area contributed by atoms with Crippen LogP contribution < -0.4 is 5.32 Å². The standard InChI is InChI=1S/C17H29NO2/c1-13(2)9-15(4)20-12-17(19)11-18-10-16-8-6-5-7-14(16)3/h5-8,13,15,17-19H,9-12H2,1-4H3. The van der Waals surface area contributed by atoms with Gasteiger partial charge in [0.15, 0.2) is 0 Å². The van der Waals surface area contributed by atoms with Gasteiger partial charge in [0.25, 0.3) is 0 Å². The largest absolute Gasteiger partial charge is 0.389 e. The molecule has 0 amide bonds. The van der Waals surface area contributed by atoms with Gasteiger partial charge in [-0.2, -0.15) is 0 Å². The first-order valence-electron chi connectivity index (χ1n) is 7.54. The molecule has 3 heteroatoms. The zero-order valence-corrected chi connectivity index (χ0v) is 13.2. The number of aliphatic hydroxyl groups is 1. The fourth-order valence-corrected chi connectivity index (χ4v) is 2.25. The molecule has 2 atom stereocenters. The second kappa shape index (κ2) is 9.11. The molecule has 0 fully saturated rings. The maximum absolute atomic E-state index is 9.89. The Kier molecular flexibility index (Phi) is 7.82. The number of hydrogen-bond acceptors (Lipinski definition) is 3. The maximum Gasteiger partial charge on any atom is 0.0897 e. The lowest BCUT2D eigenvalue weighted by molar-refractivity contribution is -0.00857. The average molecular weight is 279 g/mol. The molecule has 0 aliphatic heterocycles. The predicted octanol–water partition coefficient (Wildman–Crippen LogP) is 2.90. The fourth-order valence-electron chi connectivity index (χ4n) is 2.25. The van der Waals surface area contributed by atoms with E-state index < -0.39 is 6.10 Å². The Morgan fingerprint density at radius 2 is 1.90 bits per heavy atom. The van der Waals surface area contributed by atoms with E-state index >= 15 is 0 Å². The molecule has 2 N–H and O–H groups in total. The minimum Gasteiger partial charge on any atom is -0.389 e. The van der Waals surface area contributed by atoms with Gasteiger partial charge in [0.2, 0.25) is 0 Å². The second-order valence-corrected chi connectivity index (χ2v) is 5.98. The van der Waals surface area contributed by atoms with Crippen molar-refractivity contribution in [1.29, 1.82) is 0 Å². The van der Waals surface area contributed by atoms with Crippen LogP contribution in [0.25, 0.3) is 0 Å². The van der Waals surface area contributed by atoms with Crippen molar-refractivity contribution in [3.8, 4) is 0 Å². The summed E-state index contributed by atoms with van der Waals surface area (Å²) in [7, 11) is 0. The zero-order valence-electron chi connectivity index (χ0n) is 13.2. The molecule has 0 saturated heterocycles. The first-order chi connectivity index (χ1) is 9.49. The van der Waals surface area contributed by atoms with E-state index in [4.69, 9.17) is 4.74 Å². The monoisotopic (exact) mass is 279 g/mol. The molecule has 20 heavy (non-hydrogen) atoms. The first-order valence-corrected chi connectivity index (χ1v) is 7.54. The van der Waals surface area contributed by atoms with Gasteiger partial charge in [0.1, 0.15) is 0 Å². The smallest absolute Gasteiger partial charge is 0.0897 e. The molecule has 1 aromatic carbocycles. The van der Waals surface area contributed by atoms with E-state index in [1.54, 1.807) is 0 Å². The zero-order chi connectivity index (χ0) is 15.0. The molecule has 0 aliphatic carbocycles. The molecule has 2 unspecified atom stereocenters. The van der Waals surface area contributed by atoms with E-state index in [0.717, 1.165) is 13.0 Å². The van der Waals surface area contributed by atoms with E-state index in [1.807, 2.05) is 12.1 Å². The third-order valence-electron chi connectivity index (χ3n) is 3.33. The SMILES string of the molecule is Cc1ccccc1CNCC(O)COC(C)CC(C)C. The molecule has 0 aromatic heterocycles. The lowest BCUT2D eigenvalue weighted by Crippen LogP contribution is -2.31. The van der Waals surface area contributed by atoms with Crippen LogP contribution in [0.15, 0.2) is 24.3 Å². The summed E-state index contributed by atoms with van der Waals surface area (Å²) in [6.45, 7) is 10.3. The van der Waals surface area contributed by atoms with Crippen molar-refractivity contribution in [3.63, 3.8) is 0 Å². The molecular formula is C17H29NO2. The third-order valence-corrected chi connectivity index (χ3v) is 3.33. The van der Waals surface area contributed by atoms with Gasteiger partial charge in [-0.25, -0.2) is 0 Å². The summed E-state index contributed by atoms with van der Waals surface area (Å²) in [6.07, 6.45) is 0.790. The van der Waals surface area contributed by atoms with Crippen LogP contribution in [0.3, 0.4) is 0 Å². The number of ether oxygens (including phenoxy) is 1. The van der Waals surface area contributed by atoms with Crippen molar-refractivity contribution in [3.05, 3.63) is 35.4 Å². The van der Waals surface area contributed by atoms with Gasteiger partial charge in [-0.05, 0) is 37.3 Å². The Hall–Kier alpha value is -0.900. The van der Waals surface area contributed by atoms with Crippen LogP contribution in [0.2, 0.25) is 0 Å². The van der Waals surface area contributed by atoms with Crippen LogP contribution in [0.5, 0.6) is 0 Å². The molecule has 114 valence electrons. The summed E-state index contributed by atoms with van der Waals surface area (Å²) < 4.78 is 5.65. The Balaban J connectivity index is 2.17. The van der Waals surface area contributed by atoms with E-state index in [9.17, 15) is 5.11 Å². The maximum atomic E-state index is 9.89. The van der Waals surface area contributed by atoms with Gasteiger partial charge >= 0.3 is 0 Å². The summed E-state index contributed by atoms with van der Waals surface area (Å²) >= 11 is 0. The molecule has 1 aromatic rings. The molecule has 0 saturated carbocycles. The van der Waals surface area contributed by atoms with Crippen molar-refractivity contribution in [2.45, 2.75) is 52.9 Å². The van der Waals surface area contributed by atoms with Gasteiger partial charge in [-0.3, -0.25) is 0 Å². The number of aliphatic hydroxyl groups excluding tert-OH is 1. The van der Waals surface area contributed by atoms with E-state index in [0.29, 0.717) is 19.1 Å². The molecule has 0 bridgehead atoms. The van der Waals surface area contributed by atoms with Gasteiger partial charge in [-0.1, -0.05) is 38.1 Å². The van der Waals surface area contributed by atoms with E-state index in [1.165, 1.54) is 11.1 Å². The first kappa shape index (κ1) is 17.2. The van der Waals surface area contributed by atoms with Crippen molar-refractivity contribution in [2.75, 3.05) is 13.2 Å². The highest BCUT2D eigenvalue weighted by molar-refractivity contribution is 5.25. The molecular weight excluding hydrogens is 250 g/mol. The summed E-state index contributed by atoms with van der Waals surface area (Å²) in [5.41, 5.74) is 2.55. The fraction of sp³-hybridized carbons (Fsp3) is 0.647. The van der Waals surface area contributed by atoms with E-state index in [2.05, 4.69) is 45.1 Å². The van der Waals surface area contributed by atoms with Crippen molar-refractivity contribution in [2.24, 2.45) is 5.92 Å². The lowest BCUT2D eigenvalue weighted by atomic mass is 10.1. The van der Waals surface area contributed by atoms with E-state index in [-0.39, 0.29) is 6.10 Å². The molecule has 1 rings (SSSR count). The summed E-state index contributed by atoms with van der Waals surface area (Å²) in [5.74, 6) is 0.626. The Labute approximate surface area is 123 Å². The van der Waals surface area contributed by atoms with Gasteiger partial charge in [-0.15, -0.1) is 0 Å². The topological polar surface area (TPSA) is 41.5 Å². The third kappa shape index (κ3) is 7.04. The van der Waals surface area contributed by atoms with Crippen molar-refractivity contribution >= 4 is 0 Å². The van der Waals surface area contributed by atoms with Crippen molar-refractivity contribution < 1.29 is 9.84 Å². The van der Waals surface area contributed by atoms with Crippen LogP contribution in [-0.4, -0.2) is 30.5 Å². The highest BCUT2D eigenvalue weighted by Gasteiger charge is 2.09. The number of benzene rings is 1. The minimum absolute atomic E-state index is 0.209. The van der Waals surface area contributed by atoms with Crippen LogP contribution in [0, 0.1) is 12.8 Å². The van der Waals surface area contributed by atoms with Crippen molar-refractivity contribution in [1.82, 2.24) is 5.32 Å². The Morgan fingerprint density at radius 3 is 2.55 bits per heavy atom. The molecule has 0 spiro atoms. The Morgan fingerprint density at radius 1 is 1.20 bits per heavy atom. The molecule has 0 aliphatic rings. The second-order valence-electron chi connectivity index (χ2n) is 5.98. The number of hydrogen-bond donors (Lipinski definition) is 2. The molecule has 3 nitrogen and oxygen atoms in total. The quantitative estimate of drug-likeness (QED) is 0.730. The van der Waals surface area contributed by atoms with Gasteiger partial charge in [0.05, 0.1) is 18.8 Å². The minimum atomic E-state index is -0.450. The van der Waals surface area contributed by atoms with Gasteiger partial charge in [0, 0.05) is 13.1 Å². The highest BCUT2D eigenvalue weighted by Crippen LogP contribution is 2.08.